The van der Waals surface area contributed by atoms with Crippen LogP contribution in [-0.4, -0.2) is 23.1 Å². The Hall–Kier alpha value is -1.55. The molecule has 1 aromatic rings. The molecule has 0 aliphatic carbocycles. The lowest BCUT2D eigenvalue weighted by atomic mass is 10.1. The van der Waals surface area contributed by atoms with Gasteiger partial charge in [-0.25, -0.2) is 0 Å². The molecule has 0 atom stereocenters. The summed E-state index contributed by atoms with van der Waals surface area (Å²) in [5.41, 5.74) is 1.62. The number of benzene rings is 1. The van der Waals surface area contributed by atoms with Crippen LogP contribution in [0.25, 0.3) is 0 Å². The highest BCUT2D eigenvalue weighted by molar-refractivity contribution is 5.91. The van der Waals surface area contributed by atoms with Crippen molar-refractivity contribution in [2.75, 3.05) is 11.9 Å². The van der Waals surface area contributed by atoms with Crippen LogP contribution in [0.5, 0.6) is 5.75 Å². The number of anilines is 1. The minimum Gasteiger partial charge on any atom is -0.508 e. The van der Waals surface area contributed by atoms with E-state index in [1.54, 1.807) is 18.2 Å². The van der Waals surface area contributed by atoms with Gasteiger partial charge in [-0.3, -0.25) is 4.79 Å². The number of aryl methyl sites for hydroxylation is 1. The second-order valence-corrected chi connectivity index (χ2v) is 5.47. The number of phenolic OH excluding ortho intramolecular Hbond substituents is 1. The summed E-state index contributed by atoms with van der Waals surface area (Å²) >= 11 is 0. The maximum absolute atomic E-state index is 11.7. The maximum atomic E-state index is 11.7. The van der Waals surface area contributed by atoms with Crippen LogP contribution in [0.3, 0.4) is 0 Å². The van der Waals surface area contributed by atoms with Gasteiger partial charge in [-0.2, -0.15) is 0 Å². The number of hydrogen-bond acceptors (Lipinski definition) is 3. The molecule has 1 rings (SSSR count). The van der Waals surface area contributed by atoms with Gasteiger partial charge in [0.2, 0.25) is 5.91 Å². The molecular weight excluding hydrogens is 228 g/mol. The first-order chi connectivity index (χ1) is 8.28. The Morgan fingerprint density at radius 3 is 2.56 bits per heavy atom. The highest BCUT2D eigenvalue weighted by Gasteiger charge is 2.10. The molecule has 0 radical (unpaired) electrons. The largest absolute Gasteiger partial charge is 0.508 e. The molecule has 3 N–H and O–H groups in total. The van der Waals surface area contributed by atoms with Gasteiger partial charge in [0.1, 0.15) is 5.75 Å². The zero-order chi connectivity index (χ0) is 13.8. The summed E-state index contributed by atoms with van der Waals surface area (Å²) in [6, 6.07) is 4.90. The number of rotatable bonds is 4. The van der Waals surface area contributed by atoms with Crippen LogP contribution < -0.4 is 10.6 Å². The molecule has 0 heterocycles. The van der Waals surface area contributed by atoms with E-state index < -0.39 is 0 Å². The summed E-state index contributed by atoms with van der Waals surface area (Å²) in [5, 5.41) is 15.4. The second kappa shape index (κ2) is 5.87. The predicted octanol–water partition coefficient (Wildman–Crippen LogP) is 2.42. The van der Waals surface area contributed by atoms with E-state index in [0.29, 0.717) is 13.0 Å². The van der Waals surface area contributed by atoms with Gasteiger partial charge >= 0.3 is 0 Å². The lowest BCUT2D eigenvalue weighted by Gasteiger charge is -2.20. The third-order valence-electron chi connectivity index (χ3n) is 2.49. The third kappa shape index (κ3) is 5.19. The Kier molecular flexibility index (Phi) is 4.73. The van der Waals surface area contributed by atoms with Crippen molar-refractivity contribution in [1.82, 2.24) is 5.32 Å². The number of nitrogens with one attached hydrogen (secondary N) is 2. The standard InChI is InChI=1S/C14H22N2O2/c1-10-9-11(17)5-6-12(10)16-13(18)7-8-15-14(2,3)4/h5-6,9,15,17H,7-8H2,1-4H3,(H,16,18). The molecule has 1 amide bonds. The van der Waals surface area contributed by atoms with E-state index in [9.17, 15) is 9.90 Å². The highest BCUT2D eigenvalue weighted by atomic mass is 16.3. The first-order valence-electron chi connectivity index (χ1n) is 6.12. The van der Waals surface area contributed by atoms with Gasteiger partial charge in [0.25, 0.3) is 0 Å². The summed E-state index contributed by atoms with van der Waals surface area (Å²) in [5.74, 6) is 0.181. The highest BCUT2D eigenvalue weighted by Crippen LogP contribution is 2.20. The number of aromatic hydroxyl groups is 1. The topological polar surface area (TPSA) is 61.4 Å². The van der Waals surface area contributed by atoms with Crippen LogP contribution >= 0.6 is 0 Å². The van der Waals surface area contributed by atoms with Crippen molar-refractivity contribution in [1.29, 1.82) is 0 Å². The molecule has 0 bridgehead atoms. The van der Waals surface area contributed by atoms with Crippen LogP contribution in [0.1, 0.15) is 32.8 Å². The van der Waals surface area contributed by atoms with E-state index in [1.165, 1.54) is 0 Å². The third-order valence-corrected chi connectivity index (χ3v) is 2.49. The lowest BCUT2D eigenvalue weighted by molar-refractivity contribution is -0.116. The van der Waals surface area contributed by atoms with E-state index in [1.807, 2.05) is 6.92 Å². The van der Waals surface area contributed by atoms with Crippen molar-refractivity contribution in [3.63, 3.8) is 0 Å². The molecule has 0 saturated carbocycles. The Bertz CT molecular complexity index is 422. The molecule has 0 unspecified atom stereocenters. The van der Waals surface area contributed by atoms with Gasteiger partial charge < -0.3 is 15.7 Å². The summed E-state index contributed by atoms with van der Waals surface area (Å²) in [4.78, 5) is 11.7. The maximum Gasteiger partial charge on any atom is 0.225 e. The summed E-state index contributed by atoms with van der Waals surface area (Å²) in [6.45, 7) is 8.69. The van der Waals surface area contributed by atoms with Gasteiger partial charge in [-0.05, 0) is 51.5 Å². The average molecular weight is 250 g/mol. The summed E-state index contributed by atoms with van der Waals surface area (Å²) < 4.78 is 0. The quantitative estimate of drug-likeness (QED) is 0.719. The number of hydrogen-bond donors (Lipinski definition) is 3. The zero-order valence-corrected chi connectivity index (χ0v) is 11.5. The number of amides is 1. The number of carbonyl (C=O) groups excluding carboxylic acids is 1. The van der Waals surface area contributed by atoms with Crippen LogP contribution in [0.15, 0.2) is 18.2 Å². The van der Waals surface area contributed by atoms with Gasteiger partial charge in [0, 0.05) is 24.2 Å². The molecule has 0 saturated heterocycles. The molecular formula is C14H22N2O2. The monoisotopic (exact) mass is 250 g/mol. The van der Waals surface area contributed by atoms with E-state index >= 15 is 0 Å². The Labute approximate surface area is 108 Å². The van der Waals surface area contributed by atoms with Crippen LogP contribution in [-0.2, 0) is 4.79 Å². The van der Waals surface area contributed by atoms with Crippen LogP contribution in [0, 0.1) is 6.92 Å². The molecule has 100 valence electrons. The van der Waals surface area contributed by atoms with E-state index in [-0.39, 0.29) is 17.2 Å². The summed E-state index contributed by atoms with van der Waals surface area (Å²) in [7, 11) is 0. The zero-order valence-electron chi connectivity index (χ0n) is 11.5. The molecule has 4 nitrogen and oxygen atoms in total. The van der Waals surface area contributed by atoms with Gasteiger partial charge in [0.05, 0.1) is 0 Å². The van der Waals surface area contributed by atoms with Crippen molar-refractivity contribution in [2.24, 2.45) is 0 Å². The minimum atomic E-state index is -0.0273. The molecule has 0 aliphatic heterocycles. The SMILES string of the molecule is Cc1cc(O)ccc1NC(=O)CCNC(C)(C)C. The van der Waals surface area contributed by atoms with Gasteiger partial charge in [0.15, 0.2) is 0 Å². The average Bonchev–Trinajstić information content (AvgIpc) is 2.20. The van der Waals surface area contributed by atoms with Gasteiger partial charge in [-0.1, -0.05) is 0 Å². The number of carbonyl (C=O) groups is 1. The summed E-state index contributed by atoms with van der Waals surface area (Å²) in [6.07, 6.45) is 0.428. The van der Waals surface area contributed by atoms with Gasteiger partial charge in [-0.15, -0.1) is 0 Å². The fraction of sp³-hybridized carbons (Fsp3) is 0.500. The molecule has 4 heteroatoms. The minimum absolute atomic E-state index is 0.0226. The molecule has 0 spiro atoms. The predicted molar refractivity (Wildman–Crippen MR) is 73.8 cm³/mol. The molecule has 0 aliphatic rings. The molecule has 1 aromatic carbocycles. The van der Waals surface area contributed by atoms with E-state index in [0.717, 1.165) is 11.3 Å². The lowest BCUT2D eigenvalue weighted by Crippen LogP contribution is -2.37. The Balaban J connectivity index is 2.45. The molecule has 18 heavy (non-hydrogen) atoms. The fourth-order valence-electron chi connectivity index (χ4n) is 1.55. The smallest absolute Gasteiger partial charge is 0.225 e. The Morgan fingerprint density at radius 1 is 1.33 bits per heavy atom. The fourth-order valence-corrected chi connectivity index (χ4v) is 1.55. The van der Waals surface area contributed by atoms with Crippen LogP contribution in [0.2, 0.25) is 0 Å². The van der Waals surface area contributed by atoms with E-state index in [2.05, 4.69) is 31.4 Å². The second-order valence-electron chi connectivity index (χ2n) is 5.47. The Morgan fingerprint density at radius 2 is 2.00 bits per heavy atom. The normalized spacial score (nSPS) is 11.3. The number of phenols is 1. The van der Waals surface area contributed by atoms with Crippen molar-refractivity contribution in [2.45, 2.75) is 39.7 Å². The van der Waals surface area contributed by atoms with Crippen molar-refractivity contribution in [3.05, 3.63) is 23.8 Å². The van der Waals surface area contributed by atoms with Crippen molar-refractivity contribution < 1.29 is 9.90 Å². The van der Waals surface area contributed by atoms with Crippen molar-refractivity contribution in [3.8, 4) is 5.75 Å². The molecule has 0 aromatic heterocycles. The van der Waals surface area contributed by atoms with E-state index in [4.69, 9.17) is 0 Å². The van der Waals surface area contributed by atoms with Crippen LogP contribution in [0.4, 0.5) is 5.69 Å². The first-order valence-corrected chi connectivity index (χ1v) is 6.12. The molecule has 0 fully saturated rings. The first kappa shape index (κ1) is 14.5. The van der Waals surface area contributed by atoms with Crippen molar-refractivity contribution >= 4 is 11.6 Å².